The van der Waals surface area contributed by atoms with Crippen LogP contribution in [-0.2, 0) is 9.47 Å². The molecule has 0 N–H and O–H groups in total. The number of esters is 1. The first-order chi connectivity index (χ1) is 8.56. The molecule has 98 valence electrons. The average Bonchev–Trinajstić information content (AvgIpc) is 2.34. The highest BCUT2D eigenvalue weighted by molar-refractivity contribution is 9.10. The van der Waals surface area contributed by atoms with Crippen LogP contribution in [0.2, 0.25) is 0 Å². The largest absolute Gasteiger partial charge is 0.460 e. The molecule has 1 aromatic rings. The summed E-state index contributed by atoms with van der Waals surface area (Å²) in [6.07, 6.45) is 0. The molecule has 0 aliphatic carbocycles. The maximum atomic E-state index is 11.6. The van der Waals surface area contributed by atoms with Gasteiger partial charge < -0.3 is 9.47 Å². The molecule has 0 fully saturated rings. The van der Waals surface area contributed by atoms with Crippen LogP contribution in [0.15, 0.2) is 22.7 Å². The van der Waals surface area contributed by atoms with E-state index < -0.39 is 10.9 Å². The van der Waals surface area contributed by atoms with Crippen molar-refractivity contribution in [2.45, 2.75) is 6.92 Å². The summed E-state index contributed by atoms with van der Waals surface area (Å²) in [6.45, 7) is 2.80. The third kappa shape index (κ3) is 4.08. The number of hydrogen-bond acceptors (Lipinski definition) is 5. The molecule has 0 aliphatic rings. The first kappa shape index (κ1) is 14.6. The average molecular weight is 318 g/mol. The summed E-state index contributed by atoms with van der Waals surface area (Å²) in [5.74, 6) is -0.606. The summed E-state index contributed by atoms with van der Waals surface area (Å²) >= 11 is 3.04. The maximum Gasteiger partial charge on any atom is 0.338 e. The lowest BCUT2D eigenvalue weighted by atomic mass is 10.2. The molecule has 0 heterocycles. The van der Waals surface area contributed by atoms with Gasteiger partial charge in [0.15, 0.2) is 0 Å². The van der Waals surface area contributed by atoms with Gasteiger partial charge in [0, 0.05) is 12.7 Å². The van der Waals surface area contributed by atoms with Crippen molar-refractivity contribution < 1.29 is 19.2 Å². The number of nitro benzene ring substituents is 1. The van der Waals surface area contributed by atoms with Crippen LogP contribution in [0.1, 0.15) is 17.3 Å². The Morgan fingerprint density at radius 3 is 2.78 bits per heavy atom. The van der Waals surface area contributed by atoms with Gasteiger partial charge in [-0.05, 0) is 35.0 Å². The van der Waals surface area contributed by atoms with Crippen LogP contribution in [0.25, 0.3) is 0 Å². The predicted octanol–water partition coefficient (Wildman–Crippen LogP) is 2.55. The molecule has 0 saturated heterocycles. The molecule has 0 unspecified atom stereocenters. The Bertz CT molecular complexity index is 449. The summed E-state index contributed by atoms with van der Waals surface area (Å²) in [6, 6.07) is 4.07. The number of benzene rings is 1. The third-order valence-corrected chi connectivity index (χ3v) is 2.71. The topological polar surface area (TPSA) is 78.7 Å². The smallest absolute Gasteiger partial charge is 0.338 e. The van der Waals surface area contributed by atoms with Gasteiger partial charge in [-0.2, -0.15) is 0 Å². The van der Waals surface area contributed by atoms with Crippen molar-refractivity contribution in [2.24, 2.45) is 0 Å². The predicted molar refractivity (Wildman–Crippen MR) is 67.6 cm³/mol. The van der Waals surface area contributed by atoms with Crippen molar-refractivity contribution >= 4 is 27.6 Å². The van der Waals surface area contributed by atoms with Crippen molar-refractivity contribution in [1.29, 1.82) is 0 Å². The molecule has 0 atom stereocenters. The van der Waals surface area contributed by atoms with Gasteiger partial charge in [0.1, 0.15) is 6.61 Å². The molecule has 0 bridgehead atoms. The molecule has 0 aliphatic heterocycles. The van der Waals surface area contributed by atoms with E-state index >= 15 is 0 Å². The number of carbonyl (C=O) groups excluding carboxylic acids is 1. The van der Waals surface area contributed by atoms with E-state index in [1.807, 2.05) is 6.92 Å². The zero-order chi connectivity index (χ0) is 13.5. The molecule has 7 heteroatoms. The summed E-state index contributed by atoms with van der Waals surface area (Å²) in [4.78, 5) is 21.7. The van der Waals surface area contributed by atoms with Crippen molar-refractivity contribution in [3.05, 3.63) is 38.3 Å². The Morgan fingerprint density at radius 2 is 2.17 bits per heavy atom. The van der Waals surface area contributed by atoms with Gasteiger partial charge in [0.25, 0.3) is 5.69 Å². The lowest BCUT2D eigenvalue weighted by molar-refractivity contribution is -0.385. The Kier molecular flexibility index (Phi) is 5.73. The van der Waals surface area contributed by atoms with Gasteiger partial charge in [0.05, 0.1) is 21.6 Å². The highest BCUT2D eigenvalue weighted by Crippen LogP contribution is 2.25. The van der Waals surface area contributed by atoms with Crippen LogP contribution in [0.4, 0.5) is 5.69 Å². The van der Waals surface area contributed by atoms with E-state index in [2.05, 4.69) is 15.9 Å². The van der Waals surface area contributed by atoms with E-state index in [1.54, 1.807) is 0 Å². The molecule has 0 amide bonds. The second kappa shape index (κ2) is 7.07. The van der Waals surface area contributed by atoms with Crippen LogP contribution in [0.5, 0.6) is 0 Å². The highest BCUT2D eigenvalue weighted by atomic mass is 79.9. The molecule has 0 saturated carbocycles. The minimum atomic E-state index is -0.606. The number of nitrogens with zero attached hydrogens (tertiary/aromatic N) is 1. The van der Waals surface area contributed by atoms with Crippen LogP contribution in [-0.4, -0.2) is 30.7 Å². The van der Waals surface area contributed by atoms with E-state index in [4.69, 9.17) is 9.47 Å². The Morgan fingerprint density at radius 1 is 1.44 bits per heavy atom. The molecular weight excluding hydrogens is 306 g/mol. The number of hydrogen-bond donors (Lipinski definition) is 0. The lowest BCUT2D eigenvalue weighted by Crippen LogP contribution is -2.11. The Labute approximate surface area is 112 Å². The molecular formula is C11H12BrNO5. The fraction of sp³-hybridized carbons (Fsp3) is 0.364. The van der Waals surface area contributed by atoms with Crippen LogP contribution >= 0.6 is 15.9 Å². The molecule has 1 aromatic carbocycles. The van der Waals surface area contributed by atoms with Gasteiger partial charge in [-0.15, -0.1) is 0 Å². The summed E-state index contributed by atoms with van der Waals surface area (Å²) in [7, 11) is 0. The molecule has 0 spiro atoms. The highest BCUT2D eigenvalue weighted by Gasteiger charge is 2.16. The Hall–Kier alpha value is -1.47. The van der Waals surface area contributed by atoms with Crippen molar-refractivity contribution in [2.75, 3.05) is 19.8 Å². The van der Waals surface area contributed by atoms with E-state index in [9.17, 15) is 14.9 Å². The molecule has 6 nitrogen and oxygen atoms in total. The number of ether oxygens (including phenoxy) is 2. The van der Waals surface area contributed by atoms with E-state index in [0.717, 1.165) is 0 Å². The van der Waals surface area contributed by atoms with Crippen LogP contribution < -0.4 is 0 Å². The minimum Gasteiger partial charge on any atom is -0.460 e. The van der Waals surface area contributed by atoms with Gasteiger partial charge in [-0.25, -0.2) is 4.79 Å². The van der Waals surface area contributed by atoms with E-state index in [0.29, 0.717) is 17.7 Å². The molecule has 0 radical (unpaired) electrons. The van der Waals surface area contributed by atoms with Gasteiger partial charge in [0.2, 0.25) is 0 Å². The standard InChI is InChI=1S/C11H12BrNO5/c1-2-17-5-6-18-11(14)8-3-4-9(12)10(7-8)13(15)16/h3-4,7H,2,5-6H2,1H3. The van der Waals surface area contributed by atoms with Crippen molar-refractivity contribution in [3.8, 4) is 0 Å². The lowest BCUT2D eigenvalue weighted by Gasteiger charge is -2.05. The van der Waals surface area contributed by atoms with E-state index in [-0.39, 0.29) is 17.9 Å². The zero-order valence-corrected chi connectivity index (χ0v) is 11.3. The SMILES string of the molecule is CCOCCOC(=O)c1ccc(Br)c([N+](=O)[O-])c1. The van der Waals surface area contributed by atoms with Crippen molar-refractivity contribution in [3.63, 3.8) is 0 Å². The summed E-state index contributed by atoms with van der Waals surface area (Å²) in [5, 5.41) is 10.7. The zero-order valence-electron chi connectivity index (χ0n) is 9.72. The molecule has 0 aromatic heterocycles. The second-order valence-electron chi connectivity index (χ2n) is 3.26. The first-order valence-corrected chi connectivity index (χ1v) is 6.04. The minimum absolute atomic E-state index is 0.122. The van der Waals surface area contributed by atoms with Gasteiger partial charge >= 0.3 is 5.97 Å². The number of carbonyl (C=O) groups is 1. The van der Waals surface area contributed by atoms with Crippen LogP contribution in [0, 0.1) is 10.1 Å². The summed E-state index contributed by atoms with van der Waals surface area (Å²) < 4.78 is 10.2. The van der Waals surface area contributed by atoms with E-state index in [1.165, 1.54) is 18.2 Å². The second-order valence-corrected chi connectivity index (χ2v) is 4.11. The fourth-order valence-electron chi connectivity index (χ4n) is 1.20. The maximum absolute atomic E-state index is 11.6. The van der Waals surface area contributed by atoms with Gasteiger partial charge in [-0.1, -0.05) is 0 Å². The normalized spacial score (nSPS) is 10.1. The molecule has 18 heavy (non-hydrogen) atoms. The van der Waals surface area contributed by atoms with Crippen molar-refractivity contribution in [1.82, 2.24) is 0 Å². The monoisotopic (exact) mass is 317 g/mol. The number of halogens is 1. The Balaban J connectivity index is 2.68. The van der Waals surface area contributed by atoms with Crippen LogP contribution in [0.3, 0.4) is 0 Å². The first-order valence-electron chi connectivity index (χ1n) is 5.25. The fourth-order valence-corrected chi connectivity index (χ4v) is 1.59. The van der Waals surface area contributed by atoms with Gasteiger partial charge in [-0.3, -0.25) is 10.1 Å². The number of nitro groups is 1. The number of rotatable bonds is 6. The third-order valence-electron chi connectivity index (χ3n) is 2.04. The quantitative estimate of drug-likeness (QED) is 0.348. The summed E-state index contributed by atoms with van der Waals surface area (Å²) in [5.41, 5.74) is -0.0318. The molecule has 1 rings (SSSR count).